The van der Waals surface area contributed by atoms with Crippen LogP contribution >= 0.6 is 0 Å². The smallest absolute Gasteiger partial charge is 0.153 e. The van der Waals surface area contributed by atoms with E-state index in [1.807, 2.05) is 6.07 Å². The van der Waals surface area contributed by atoms with Crippen LogP contribution < -0.4 is 5.73 Å². The third kappa shape index (κ3) is 2.42. The Morgan fingerprint density at radius 3 is 2.43 bits per heavy atom. The molecule has 0 saturated heterocycles. The second kappa shape index (κ2) is 5.09. The Kier molecular flexibility index (Phi) is 3.26. The third-order valence-corrected chi connectivity index (χ3v) is 3.90. The van der Waals surface area contributed by atoms with E-state index in [1.165, 1.54) is 16.7 Å². The quantitative estimate of drug-likeness (QED) is 0.735. The minimum Gasteiger partial charge on any atom is -0.382 e. The van der Waals surface area contributed by atoms with E-state index in [1.54, 1.807) is 0 Å². The van der Waals surface area contributed by atoms with Crippen molar-refractivity contribution in [1.82, 2.24) is 10.2 Å². The van der Waals surface area contributed by atoms with Crippen molar-refractivity contribution < 1.29 is 0 Å². The normalized spacial score (nSPS) is 10.8. The highest BCUT2D eigenvalue weighted by molar-refractivity contribution is 5.88. The van der Waals surface area contributed by atoms with Crippen molar-refractivity contribution in [2.45, 2.75) is 20.8 Å². The van der Waals surface area contributed by atoms with Crippen LogP contribution in [0.1, 0.15) is 16.7 Å². The van der Waals surface area contributed by atoms with Gasteiger partial charge >= 0.3 is 0 Å². The summed E-state index contributed by atoms with van der Waals surface area (Å²) in [5, 5.41) is 7.28. The van der Waals surface area contributed by atoms with E-state index < -0.39 is 0 Å². The molecule has 0 aliphatic carbocycles. The number of nitrogens with zero attached hydrogens (tertiary/aromatic N) is 1. The minimum atomic E-state index is 0.537. The van der Waals surface area contributed by atoms with Crippen molar-refractivity contribution in [1.29, 1.82) is 0 Å². The van der Waals surface area contributed by atoms with Crippen LogP contribution in [0.5, 0.6) is 0 Å². The lowest BCUT2D eigenvalue weighted by Crippen LogP contribution is -1.90. The Morgan fingerprint density at radius 1 is 0.905 bits per heavy atom. The summed E-state index contributed by atoms with van der Waals surface area (Å²) in [6, 6.07) is 14.7. The van der Waals surface area contributed by atoms with Gasteiger partial charge in [-0.15, -0.1) is 0 Å². The van der Waals surface area contributed by atoms with Crippen molar-refractivity contribution in [3.8, 4) is 22.4 Å². The van der Waals surface area contributed by atoms with Crippen molar-refractivity contribution in [3.63, 3.8) is 0 Å². The molecule has 0 bridgehead atoms. The van der Waals surface area contributed by atoms with Crippen LogP contribution in [0.2, 0.25) is 0 Å². The summed E-state index contributed by atoms with van der Waals surface area (Å²) in [4.78, 5) is 0. The first kappa shape index (κ1) is 13.4. The summed E-state index contributed by atoms with van der Waals surface area (Å²) in [6.07, 6.45) is 0. The predicted octanol–water partition coefficient (Wildman–Crippen LogP) is 4.25. The maximum Gasteiger partial charge on any atom is 0.153 e. The van der Waals surface area contributed by atoms with Crippen LogP contribution in [0.25, 0.3) is 22.4 Å². The monoisotopic (exact) mass is 277 g/mol. The molecule has 0 aliphatic rings. The fourth-order valence-electron chi connectivity index (χ4n) is 2.55. The van der Waals surface area contributed by atoms with Crippen molar-refractivity contribution >= 4 is 5.82 Å². The molecule has 0 saturated carbocycles. The van der Waals surface area contributed by atoms with Gasteiger partial charge in [0.25, 0.3) is 0 Å². The lowest BCUT2D eigenvalue weighted by atomic mass is 9.97. The topological polar surface area (TPSA) is 54.7 Å². The molecule has 3 aromatic rings. The van der Waals surface area contributed by atoms with Crippen LogP contribution in [-0.4, -0.2) is 10.2 Å². The summed E-state index contributed by atoms with van der Waals surface area (Å²) in [5.74, 6) is 0.537. The van der Waals surface area contributed by atoms with E-state index in [0.29, 0.717) is 5.82 Å². The average molecular weight is 277 g/mol. The fraction of sp³-hybridized carbons (Fsp3) is 0.167. The molecule has 0 fully saturated rings. The molecule has 0 amide bonds. The van der Waals surface area contributed by atoms with Gasteiger partial charge in [-0.05, 0) is 43.5 Å². The van der Waals surface area contributed by atoms with Crippen molar-refractivity contribution in [3.05, 3.63) is 59.2 Å². The Labute approximate surface area is 124 Å². The van der Waals surface area contributed by atoms with E-state index in [9.17, 15) is 0 Å². The van der Waals surface area contributed by atoms with Gasteiger partial charge in [-0.1, -0.05) is 42.0 Å². The van der Waals surface area contributed by atoms with Gasteiger partial charge in [-0.3, -0.25) is 5.10 Å². The SMILES string of the molecule is Cc1cccc(-c2[nH]nc(N)c2-c2ccc(C)c(C)c2)c1. The molecule has 21 heavy (non-hydrogen) atoms. The molecule has 3 heteroatoms. The van der Waals surface area contributed by atoms with E-state index in [4.69, 9.17) is 5.73 Å². The third-order valence-electron chi connectivity index (χ3n) is 3.90. The van der Waals surface area contributed by atoms with Crippen LogP contribution in [0.15, 0.2) is 42.5 Å². The highest BCUT2D eigenvalue weighted by Gasteiger charge is 2.15. The summed E-state index contributed by atoms with van der Waals surface area (Å²) in [7, 11) is 0. The zero-order chi connectivity index (χ0) is 15.0. The van der Waals surface area contributed by atoms with Gasteiger partial charge in [0.1, 0.15) is 0 Å². The number of nitrogens with two attached hydrogens (primary N) is 1. The number of aromatic amines is 1. The lowest BCUT2D eigenvalue weighted by Gasteiger charge is -2.08. The summed E-state index contributed by atoms with van der Waals surface area (Å²) in [5.41, 5.74) is 14.0. The zero-order valence-electron chi connectivity index (χ0n) is 12.6. The maximum atomic E-state index is 6.09. The number of anilines is 1. The highest BCUT2D eigenvalue weighted by atomic mass is 15.2. The number of nitrogens with one attached hydrogen (secondary N) is 1. The lowest BCUT2D eigenvalue weighted by molar-refractivity contribution is 1.10. The Balaban J connectivity index is 2.19. The summed E-state index contributed by atoms with van der Waals surface area (Å²) < 4.78 is 0. The molecule has 2 aromatic carbocycles. The molecular weight excluding hydrogens is 258 g/mol. The second-order valence-corrected chi connectivity index (χ2v) is 5.53. The van der Waals surface area contributed by atoms with Crippen molar-refractivity contribution in [2.75, 3.05) is 5.73 Å². The number of H-pyrrole nitrogens is 1. The average Bonchev–Trinajstić information content (AvgIpc) is 2.84. The Hall–Kier alpha value is -2.55. The second-order valence-electron chi connectivity index (χ2n) is 5.53. The molecule has 0 atom stereocenters. The summed E-state index contributed by atoms with van der Waals surface area (Å²) in [6.45, 7) is 6.31. The Morgan fingerprint density at radius 2 is 1.71 bits per heavy atom. The molecule has 1 aromatic heterocycles. The number of aromatic nitrogens is 2. The molecule has 0 unspecified atom stereocenters. The van der Waals surface area contributed by atoms with Crippen LogP contribution in [0.3, 0.4) is 0 Å². The highest BCUT2D eigenvalue weighted by Crippen LogP contribution is 2.35. The molecule has 106 valence electrons. The van der Waals surface area contributed by atoms with E-state index >= 15 is 0 Å². The molecule has 3 rings (SSSR count). The van der Waals surface area contributed by atoms with Crippen molar-refractivity contribution in [2.24, 2.45) is 0 Å². The fourth-order valence-corrected chi connectivity index (χ4v) is 2.55. The number of hydrogen-bond acceptors (Lipinski definition) is 2. The molecule has 0 radical (unpaired) electrons. The molecular formula is C18H19N3. The number of nitrogen functional groups attached to an aromatic ring is 1. The zero-order valence-corrected chi connectivity index (χ0v) is 12.6. The van der Waals surface area contributed by atoms with Gasteiger partial charge in [-0.2, -0.15) is 5.10 Å². The van der Waals surface area contributed by atoms with Gasteiger partial charge in [0, 0.05) is 5.56 Å². The number of benzene rings is 2. The van der Waals surface area contributed by atoms with Gasteiger partial charge in [-0.25, -0.2) is 0 Å². The van der Waals surface area contributed by atoms with Crippen LogP contribution in [0, 0.1) is 20.8 Å². The van der Waals surface area contributed by atoms with E-state index in [2.05, 4.69) is 67.4 Å². The first-order valence-corrected chi connectivity index (χ1v) is 7.05. The van der Waals surface area contributed by atoms with E-state index in [0.717, 1.165) is 22.4 Å². The maximum absolute atomic E-state index is 6.09. The van der Waals surface area contributed by atoms with E-state index in [-0.39, 0.29) is 0 Å². The van der Waals surface area contributed by atoms with Gasteiger partial charge < -0.3 is 5.73 Å². The Bertz CT molecular complexity index is 800. The summed E-state index contributed by atoms with van der Waals surface area (Å²) >= 11 is 0. The molecule has 0 spiro atoms. The predicted molar refractivity (Wildman–Crippen MR) is 88.1 cm³/mol. The van der Waals surface area contributed by atoms with Crippen LogP contribution in [0.4, 0.5) is 5.82 Å². The molecule has 3 nitrogen and oxygen atoms in total. The largest absolute Gasteiger partial charge is 0.382 e. The van der Waals surface area contributed by atoms with Gasteiger partial charge in [0.05, 0.1) is 11.3 Å². The standard InChI is InChI=1S/C18H19N3/c1-11-5-4-6-15(9-11)17-16(18(19)21-20-17)14-8-7-12(2)13(3)10-14/h4-10H,1-3H3,(H3,19,20,21). The molecule has 3 N–H and O–H groups in total. The van der Waals surface area contributed by atoms with Crippen LogP contribution in [-0.2, 0) is 0 Å². The minimum absolute atomic E-state index is 0.537. The number of hydrogen-bond donors (Lipinski definition) is 2. The molecule has 0 aliphatic heterocycles. The molecule has 1 heterocycles. The number of aryl methyl sites for hydroxylation is 3. The first-order valence-electron chi connectivity index (χ1n) is 7.05. The first-order chi connectivity index (χ1) is 10.1. The van der Waals surface area contributed by atoms with Gasteiger partial charge in [0.2, 0.25) is 0 Å². The number of rotatable bonds is 2. The van der Waals surface area contributed by atoms with Gasteiger partial charge in [0.15, 0.2) is 5.82 Å².